The third-order valence-electron chi connectivity index (χ3n) is 3.22. The van der Waals surface area contributed by atoms with E-state index < -0.39 is 0 Å². The first-order valence-corrected chi connectivity index (χ1v) is 6.39. The summed E-state index contributed by atoms with van der Waals surface area (Å²) in [5.74, 6) is 0.796. The zero-order valence-electron chi connectivity index (χ0n) is 10.9. The van der Waals surface area contributed by atoms with Gasteiger partial charge in [-0.25, -0.2) is 9.97 Å². The number of hydrogen-bond acceptors (Lipinski definition) is 3. The van der Waals surface area contributed by atoms with Crippen molar-refractivity contribution in [2.45, 2.75) is 13.3 Å². The van der Waals surface area contributed by atoms with E-state index in [1.165, 1.54) is 5.39 Å². The highest BCUT2D eigenvalue weighted by Crippen LogP contribution is 2.30. The molecule has 0 spiro atoms. The van der Waals surface area contributed by atoms with Gasteiger partial charge in [0.15, 0.2) is 0 Å². The van der Waals surface area contributed by atoms with E-state index in [0.29, 0.717) is 13.0 Å². The predicted molar refractivity (Wildman–Crippen MR) is 76.8 cm³/mol. The SMILES string of the molecule is Cc1[nH]c2ccccc2c1-c1ccnc(CCN)n1. The summed E-state index contributed by atoms with van der Waals surface area (Å²) in [7, 11) is 0. The number of aromatic nitrogens is 3. The van der Waals surface area contributed by atoms with E-state index in [4.69, 9.17) is 5.73 Å². The fraction of sp³-hybridized carbons (Fsp3) is 0.200. The van der Waals surface area contributed by atoms with Crippen LogP contribution in [0.5, 0.6) is 0 Å². The van der Waals surface area contributed by atoms with Crippen LogP contribution < -0.4 is 5.73 Å². The summed E-state index contributed by atoms with van der Waals surface area (Å²) in [5, 5.41) is 1.19. The van der Waals surface area contributed by atoms with Crippen molar-refractivity contribution in [1.29, 1.82) is 0 Å². The topological polar surface area (TPSA) is 67.6 Å². The molecule has 0 bridgehead atoms. The van der Waals surface area contributed by atoms with E-state index in [1.54, 1.807) is 6.20 Å². The van der Waals surface area contributed by atoms with Crippen molar-refractivity contribution >= 4 is 10.9 Å². The quantitative estimate of drug-likeness (QED) is 0.752. The third kappa shape index (κ3) is 2.11. The number of nitrogens with one attached hydrogen (secondary N) is 1. The molecule has 4 nitrogen and oxygen atoms in total. The number of benzene rings is 1. The van der Waals surface area contributed by atoms with Crippen LogP contribution in [0.15, 0.2) is 36.5 Å². The first-order chi connectivity index (χ1) is 9.29. The van der Waals surface area contributed by atoms with E-state index in [-0.39, 0.29) is 0 Å². The second kappa shape index (κ2) is 4.82. The Bertz CT molecular complexity index is 715. The van der Waals surface area contributed by atoms with Crippen LogP contribution in [0.1, 0.15) is 11.5 Å². The number of aromatic amines is 1. The summed E-state index contributed by atoms with van der Waals surface area (Å²) in [5.41, 5.74) is 9.92. The summed E-state index contributed by atoms with van der Waals surface area (Å²) in [4.78, 5) is 12.2. The summed E-state index contributed by atoms with van der Waals surface area (Å²) in [6.07, 6.45) is 2.50. The van der Waals surface area contributed by atoms with Gasteiger partial charge in [0, 0.05) is 34.8 Å². The number of rotatable bonds is 3. The minimum absolute atomic E-state index is 0.566. The number of hydrogen-bond donors (Lipinski definition) is 2. The van der Waals surface area contributed by atoms with Crippen LogP contribution in [0.2, 0.25) is 0 Å². The van der Waals surface area contributed by atoms with E-state index in [9.17, 15) is 0 Å². The van der Waals surface area contributed by atoms with Crippen molar-refractivity contribution in [2.75, 3.05) is 6.54 Å². The molecule has 1 aromatic carbocycles. The van der Waals surface area contributed by atoms with E-state index in [0.717, 1.165) is 28.3 Å². The average molecular weight is 252 g/mol. The fourth-order valence-corrected chi connectivity index (χ4v) is 2.39. The predicted octanol–water partition coefficient (Wildman–Crippen LogP) is 2.43. The second-order valence-corrected chi connectivity index (χ2v) is 4.57. The van der Waals surface area contributed by atoms with Gasteiger partial charge in [-0.15, -0.1) is 0 Å². The summed E-state index contributed by atoms with van der Waals surface area (Å²) in [6.45, 7) is 2.64. The first kappa shape index (κ1) is 11.9. The molecule has 96 valence electrons. The van der Waals surface area contributed by atoms with Crippen LogP contribution >= 0.6 is 0 Å². The standard InChI is InChI=1S/C15H16N4/c1-10-15(11-4-2-3-5-12(11)18-10)13-7-9-17-14(19-13)6-8-16/h2-5,7,9,18H,6,8,16H2,1H3. The molecule has 0 atom stereocenters. The Morgan fingerprint density at radius 3 is 2.89 bits per heavy atom. The lowest BCUT2D eigenvalue weighted by Gasteiger charge is -2.03. The molecule has 0 saturated heterocycles. The minimum Gasteiger partial charge on any atom is -0.358 e. The molecule has 19 heavy (non-hydrogen) atoms. The molecule has 0 radical (unpaired) electrons. The Balaban J connectivity index is 2.18. The number of aryl methyl sites for hydroxylation is 1. The lowest BCUT2D eigenvalue weighted by Crippen LogP contribution is -2.06. The van der Waals surface area contributed by atoms with Gasteiger partial charge in [0.25, 0.3) is 0 Å². The molecular weight excluding hydrogens is 236 g/mol. The van der Waals surface area contributed by atoms with E-state index in [1.807, 2.05) is 18.2 Å². The van der Waals surface area contributed by atoms with Gasteiger partial charge in [0.1, 0.15) is 5.82 Å². The minimum atomic E-state index is 0.566. The molecule has 0 fully saturated rings. The maximum Gasteiger partial charge on any atom is 0.130 e. The zero-order valence-corrected chi connectivity index (χ0v) is 10.9. The number of fused-ring (bicyclic) bond motifs is 1. The van der Waals surface area contributed by atoms with Gasteiger partial charge in [-0.1, -0.05) is 18.2 Å². The highest BCUT2D eigenvalue weighted by atomic mass is 14.9. The average Bonchev–Trinajstić information content (AvgIpc) is 2.75. The fourth-order valence-electron chi connectivity index (χ4n) is 2.39. The van der Waals surface area contributed by atoms with Gasteiger partial charge in [0.05, 0.1) is 5.69 Å². The largest absolute Gasteiger partial charge is 0.358 e. The molecule has 3 rings (SSSR count). The van der Waals surface area contributed by atoms with Gasteiger partial charge in [-0.05, 0) is 25.6 Å². The van der Waals surface area contributed by atoms with Crippen molar-refractivity contribution in [3.8, 4) is 11.3 Å². The summed E-state index contributed by atoms with van der Waals surface area (Å²) >= 11 is 0. The number of H-pyrrole nitrogens is 1. The lowest BCUT2D eigenvalue weighted by molar-refractivity contribution is 0.869. The molecule has 0 amide bonds. The molecule has 0 unspecified atom stereocenters. The molecule has 3 N–H and O–H groups in total. The smallest absolute Gasteiger partial charge is 0.130 e. The molecule has 0 saturated carbocycles. The Hall–Kier alpha value is -2.20. The highest BCUT2D eigenvalue weighted by Gasteiger charge is 2.11. The van der Waals surface area contributed by atoms with Crippen LogP contribution in [-0.4, -0.2) is 21.5 Å². The Morgan fingerprint density at radius 2 is 2.05 bits per heavy atom. The van der Waals surface area contributed by atoms with Crippen molar-refractivity contribution in [3.05, 3.63) is 48.0 Å². The molecule has 0 aliphatic rings. The molecule has 0 aliphatic carbocycles. The zero-order chi connectivity index (χ0) is 13.2. The lowest BCUT2D eigenvalue weighted by atomic mass is 10.1. The monoisotopic (exact) mass is 252 g/mol. The summed E-state index contributed by atoms with van der Waals surface area (Å²) in [6, 6.07) is 10.2. The maximum atomic E-state index is 5.56. The van der Waals surface area contributed by atoms with Crippen LogP contribution in [-0.2, 0) is 6.42 Å². The Kier molecular flexibility index (Phi) is 3.01. The van der Waals surface area contributed by atoms with Crippen LogP contribution in [0, 0.1) is 6.92 Å². The van der Waals surface area contributed by atoms with Gasteiger partial charge in [0.2, 0.25) is 0 Å². The van der Waals surface area contributed by atoms with E-state index >= 15 is 0 Å². The number of nitrogens with zero attached hydrogens (tertiary/aromatic N) is 2. The molecule has 3 aromatic rings. The summed E-state index contributed by atoms with van der Waals surface area (Å²) < 4.78 is 0. The Labute approximate surface area is 111 Å². The van der Waals surface area contributed by atoms with Crippen LogP contribution in [0.4, 0.5) is 0 Å². The van der Waals surface area contributed by atoms with Gasteiger partial charge in [-0.2, -0.15) is 0 Å². The maximum absolute atomic E-state index is 5.56. The molecule has 0 aliphatic heterocycles. The highest BCUT2D eigenvalue weighted by molar-refractivity contribution is 5.96. The second-order valence-electron chi connectivity index (χ2n) is 4.57. The number of nitrogens with two attached hydrogens (primary N) is 1. The van der Waals surface area contributed by atoms with E-state index in [2.05, 4.69) is 34.0 Å². The third-order valence-corrected chi connectivity index (χ3v) is 3.22. The molecule has 2 heterocycles. The molecule has 2 aromatic heterocycles. The molecule has 4 heteroatoms. The van der Waals surface area contributed by atoms with Gasteiger partial charge >= 0.3 is 0 Å². The van der Waals surface area contributed by atoms with Crippen molar-refractivity contribution in [3.63, 3.8) is 0 Å². The van der Waals surface area contributed by atoms with Crippen LogP contribution in [0.25, 0.3) is 22.2 Å². The normalized spacial score (nSPS) is 11.1. The van der Waals surface area contributed by atoms with Crippen LogP contribution in [0.3, 0.4) is 0 Å². The van der Waals surface area contributed by atoms with Crippen molar-refractivity contribution < 1.29 is 0 Å². The first-order valence-electron chi connectivity index (χ1n) is 6.39. The van der Waals surface area contributed by atoms with Gasteiger partial charge < -0.3 is 10.7 Å². The van der Waals surface area contributed by atoms with Crippen molar-refractivity contribution in [2.24, 2.45) is 5.73 Å². The Morgan fingerprint density at radius 1 is 1.21 bits per heavy atom. The van der Waals surface area contributed by atoms with Gasteiger partial charge in [-0.3, -0.25) is 0 Å². The number of para-hydroxylation sites is 1. The molecular formula is C15H16N4. The van der Waals surface area contributed by atoms with Crippen molar-refractivity contribution in [1.82, 2.24) is 15.0 Å².